The Balaban J connectivity index is 1.47. The lowest BCUT2D eigenvalue weighted by Crippen LogP contribution is -2.29. The number of rotatable bonds is 5. The quantitative estimate of drug-likeness (QED) is 0.854. The number of para-hydroxylation sites is 1. The maximum absolute atomic E-state index is 11.3. The van der Waals surface area contributed by atoms with Gasteiger partial charge in [-0.3, -0.25) is 0 Å². The van der Waals surface area contributed by atoms with Gasteiger partial charge in [0.15, 0.2) is 0 Å². The zero-order valence-corrected chi connectivity index (χ0v) is 11.8. The van der Waals surface area contributed by atoms with Crippen LogP contribution in [0.5, 0.6) is 5.75 Å². The molecule has 1 unspecified atom stereocenters. The van der Waals surface area contributed by atoms with Crippen LogP contribution in [-0.2, 0) is 17.7 Å². The van der Waals surface area contributed by atoms with Crippen LogP contribution in [0, 0.1) is 0 Å². The van der Waals surface area contributed by atoms with Gasteiger partial charge in [0.1, 0.15) is 23.9 Å². The molecular weight excluding hydrogens is 270 g/mol. The second-order valence-corrected chi connectivity index (χ2v) is 4.98. The van der Waals surface area contributed by atoms with Gasteiger partial charge in [-0.05, 0) is 17.7 Å². The van der Waals surface area contributed by atoms with Gasteiger partial charge < -0.3 is 19.2 Å². The number of ether oxygens (including phenoxy) is 2. The number of hydrogen-bond acceptors (Lipinski definition) is 5. The first-order valence-electron chi connectivity index (χ1n) is 6.87. The van der Waals surface area contributed by atoms with Crippen molar-refractivity contribution in [2.75, 3.05) is 13.7 Å². The minimum Gasteiger partial charge on any atom is -0.488 e. The molecule has 0 fully saturated rings. The number of carbonyl (C=O) groups is 1. The van der Waals surface area contributed by atoms with Crippen molar-refractivity contribution in [2.24, 2.45) is 0 Å². The lowest BCUT2D eigenvalue weighted by molar-refractivity contribution is 0.0600. The first kappa shape index (κ1) is 13.7. The normalized spacial score (nSPS) is 16.3. The van der Waals surface area contributed by atoms with Gasteiger partial charge in [-0.25, -0.2) is 4.79 Å². The SMILES string of the molecule is COC(=O)c1coc(CNCC2Cc3ccccc3O2)c1. The van der Waals surface area contributed by atoms with Crippen LogP contribution in [0.1, 0.15) is 21.7 Å². The van der Waals surface area contributed by atoms with E-state index in [1.54, 1.807) is 6.07 Å². The Morgan fingerprint density at radius 2 is 2.29 bits per heavy atom. The average molecular weight is 287 g/mol. The molecule has 21 heavy (non-hydrogen) atoms. The molecule has 1 aromatic heterocycles. The molecule has 1 aliphatic rings. The first-order valence-corrected chi connectivity index (χ1v) is 6.87. The van der Waals surface area contributed by atoms with E-state index in [1.807, 2.05) is 18.2 Å². The third-order valence-corrected chi connectivity index (χ3v) is 3.46. The summed E-state index contributed by atoms with van der Waals surface area (Å²) < 4.78 is 15.8. The Morgan fingerprint density at radius 3 is 3.10 bits per heavy atom. The van der Waals surface area contributed by atoms with Gasteiger partial charge in [-0.1, -0.05) is 18.2 Å². The summed E-state index contributed by atoms with van der Waals surface area (Å²) in [6, 6.07) is 9.76. The Kier molecular flexibility index (Phi) is 3.92. The molecule has 5 heteroatoms. The van der Waals surface area contributed by atoms with E-state index in [2.05, 4.69) is 16.1 Å². The van der Waals surface area contributed by atoms with Crippen LogP contribution in [0.2, 0.25) is 0 Å². The van der Waals surface area contributed by atoms with Crippen LogP contribution in [0.4, 0.5) is 0 Å². The molecule has 0 aliphatic carbocycles. The Morgan fingerprint density at radius 1 is 1.43 bits per heavy atom. The lowest BCUT2D eigenvalue weighted by atomic mass is 10.1. The topological polar surface area (TPSA) is 60.7 Å². The summed E-state index contributed by atoms with van der Waals surface area (Å²) in [4.78, 5) is 11.3. The number of carbonyl (C=O) groups excluding carboxylic acids is 1. The molecule has 2 aromatic rings. The maximum Gasteiger partial charge on any atom is 0.341 e. The fourth-order valence-corrected chi connectivity index (χ4v) is 2.42. The van der Waals surface area contributed by atoms with Crippen LogP contribution in [0.25, 0.3) is 0 Å². The molecule has 0 radical (unpaired) electrons. The lowest BCUT2D eigenvalue weighted by Gasteiger charge is -2.10. The molecule has 0 amide bonds. The van der Waals surface area contributed by atoms with Crippen molar-refractivity contribution in [3.8, 4) is 5.75 Å². The van der Waals surface area contributed by atoms with E-state index in [0.29, 0.717) is 17.9 Å². The molecule has 1 N–H and O–H groups in total. The van der Waals surface area contributed by atoms with E-state index in [0.717, 1.165) is 18.7 Å². The molecule has 0 saturated carbocycles. The average Bonchev–Trinajstić information content (AvgIpc) is 3.12. The third-order valence-electron chi connectivity index (χ3n) is 3.46. The zero-order valence-electron chi connectivity index (χ0n) is 11.8. The van der Waals surface area contributed by atoms with E-state index >= 15 is 0 Å². The monoisotopic (exact) mass is 287 g/mol. The Hall–Kier alpha value is -2.27. The highest BCUT2D eigenvalue weighted by atomic mass is 16.5. The number of hydrogen-bond donors (Lipinski definition) is 1. The van der Waals surface area contributed by atoms with Crippen LogP contribution in [-0.4, -0.2) is 25.7 Å². The highest BCUT2D eigenvalue weighted by Crippen LogP contribution is 2.27. The van der Waals surface area contributed by atoms with E-state index in [4.69, 9.17) is 9.15 Å². The fraction of sp³-hybridized carbons (Fsp3) is 0.312. The fourth-order valence-electron chi connectivity index (χ4n) is 2.42. The number of benzene rings is 1. The number of methoxy groups -OCH3 is 1. The van der Waals surface area contributed by atoms with Gasteiger partial charge in [0.2, 0.25) is 0 Å². The van der Waals surface area contributed by atoms with Gasteiger partial charge in [0.25, 0.3) is 0 Å². The molecule has 0 bridgehead atoms. The zero-order chi connectivity index (χ0) is 14.7. The van der Waals surface area contributed by atoms with E-state index in [1.165, 1.54) is 18.9 Å². The Bertz CT molecular complexity index is 610. The van der Waals surface area contributed by atoms with Gasteiger partial charge in [-0.15, -0.1) is 0 Å². The van der Waals surface area contributed by atoms with Gasteiger partial charge in [0, 0.05) is 13.0 Å². The van der Waals surface area contributed by atoms with E-state index in [-0.39, 0.29) is 12.1 Å². The van der Waals surface area contributed by atoms with Crippen molar-refractivity contribution in [3.63, 3.8) is 0 Å². The minimum atomic E-state index is -0.389. The highest BCUT2D eigenvalue weighted by molar-refractivity contribution is 5.88. The largest absolute Gasteiger partial charge is 0.488 e. The van der Waals surface area contributed by atoms with Crippen molar-refractivity contribution in [1.29, 1.82) is 0 Å². The summed E-state index contributed by atoms with van der Waals surface area (Å²) in [6.45, 7) is 1.27. The molecule has 5 nitrogen and oxygen atoms in total. The summed E-state index contributed by atoms with van der Waals surface area (Å²) in [5.41, 5.74) is 1.68. The van der Waals surface area contributed by atoms with Crippen molar-refractivity contribution >= 4 is 5.97 Å². The molecule has 0 spiro atoms. The number of furan rings is 1. The predicted octanol–water partition coefficient (Wildman–Crippen LogP) is 2.16. The van der Waals surface area contributed by atoms with Gasteiger partial charge >= 0.3 is 5.97 Å². The van der Waals surface area contributed by atoms with Crippen molar-refractivity contribution < 1.29 is 18.7 Å². The van der Waals surface area contributed by atoms with Gasteiger partial charge in [0.05, 0.1) is 19.2 Å². The number of esters is 1. The molecule has 1 aromatic carbocycles. The minimum absolute atomic E-state index is 0.137. The van der Waals surface area contributed by atoms with Crippen molar-refractivity contribution in [2.45, 2.75) is 19.1 Å². The Labute approximate surface area is 122 Å². The van der Waals surface area contributed by atoms with Crippen LogP contribution >= 0.6 is 0 Å². The standard InChI is InChI=1S/C16H17NO4/c1-19-16(18)12-7-13(20-10-12)8-17-9-14-6-11-4-2-3-5-15(11)21-14/h2-5,7,10,14,17H,6,8-9H2,1H3. The van der Waals surface area contributed by atoms with E-state index in [9.17, 15) is 4.79 Å². The molecule has 0 saturated heterocycles. The van der Waals surface area contributed by atoms with Gasteiger partial charge in [-0.2, -0.15) is 0 Å². The summed E-state index contributed by atoms with van der Waals surface area (Å²) in [5.74, 6) is 1.28. The van der Waals surface area contributed by atoms with E-state index < -0.39 is 0 Å². The van der Waals surface area contributed by atoms with Crippen molar-refractivity contribution in [1.82, 2.24) is 5.32 Å². The molecule has 110 valence electrons. The highest BCUT2D eigenvalue weighted by Gasteiger charge is 2.21. The third kappa shape index (κ3) is 3.08. The molecular formula is C16H17NO4. The predicted molar refractivity (Wildman–Crippen MR) is 76.3 cm³/mol. The molecule has 1 aliphatic heterocycles. The number of fused-ring (bicyclic) bond motifs is 1. The smallest absolute Gasteiger partial charge is 0.341 e. The molecule has 2 heterocycles. The molecule has 1 atom stereocenters. The summed E-state index contributed by atoms with van der Waals surface area (Å²) in [5, 5.41) is 3.28. The van der Waals surface area contributed by atoms with Crippen LogP contribution in [0.3, 0.4) is 0 Å². The first-order chi connectivity index (χ1) is 10.3. The maximum atomic E-state index is 11.3. The second kappa shape index (κ2) is 6.01. The van der Waals surface area contributed by atoms with Crippen LogP contribution < -0.4 is 10.1 Å². The number of nitrogens with one attached hydrogen (secondary N) is 1. The second-order valence-electron chi connectivity index (χ2n) is 4.98. The van der Waals surface area contributed by atoms with Crippen molar-refractivity contribution in [3.05, 3.63) is 53.5 Å². The summed E-state index contributed by atoms with van der Waals surface area (Å²) in [6.07, 6.45) is 2.46. The van der Waals surface area contributed by atoms with Crippen LogP contribution in [0.15, 0.2) is 41.0 Å². The summed E-state index contributed by atoms with van der Waals surface area (Å²) in [7, 11) is 1.35. The summed E-state index contributed by atoms with van der Waals surface area (Å²) >= 11 is 0. The molecule has 3 rings (SSSR count).